The van der Waals surface area contributed by atoms with Gasteiger partial charge in [-0.15, -0.1) is 5.10 Å². The third kappa shape index (κ3) is 3.52. The molecule has 2 heterocycles. The summed E-state index contributed by atoms with van der Waals surface area (Å²) in [6, 6.07) is 17.4. The van der Waals surface area contributed by atoms with Crippen molar-refractivity contribution < 1.29 is 0 Å². The van der Waals surface area contributed by atoms with E-state index in [9.17, 15) is 0 Å². The van der Waals surface area contributed by atoms with Crippen LogP contribution < -0.4 is 0 Å². The van der Waals surface area contributed by atoms with Crippen LogP contribution in [0, 0.1) is 0 Å². The standard InChI is InChI=1S/C22H28N6/c1-16(2)26(17(3)4)13-14-27-20-11-7-5-9-18(20)23-22(27)15-28-21-12-8-6-10-19(21)24-25-28/h5-12,16-17H,13-15H2,1-4H3. The molecule has 4 rings (SSSR count). The summed E-state index contributed by atoms with van der Waals surface area (Å²) in [6.45, 7) is 11.5. The van der Waals surface area contributed by atoms with Crippen molar-refractivity contribution in [2.24, 2.45) is 0 Å². The molecule has 0 N–H and O–H groups in total. The molecule has 0 amide bonds. The van der Waals surface area contributed by atoms with Gasteiger partial charge >= 0.3 is 0 Å². The van der Waals surface area contributed by atoms with Gasteiger partial charge in [-0.05, 0) is 52.0 Å². The van der Waals surface area contributed by atoms with Crippen molar-refractivity contribution in [2.45, 2.75) is 52.9 Å². The number of rotatable bonds is 7. The van der Waals surface area contributed by atoms with Gasteiger partial charge in [0.1, 0.15) is 17.9 Å². The summed E-state index contributed by atoms with van der Waals surface area (Å²) in [5.74, 6) is 1.02. The maximum absolute atomic E-state index is 4.92. The minimum Gasteiger partial charge on any atom is -0.325 e. The molecular weight excluding hydrogens is 348 g/mol. The molecular formula is C22H28N6. The summed E-state index contributed by atoms with van der Waals surface area (Å²) in [7, 11) is 0. The third-order valence-corrected chi connectivity index (χ3v) is 5.35. The highest BCUT2D eigenvalue weighted by molar-refractivity contribution is 5.76. The van der Waals surface area contributed by atoms with Gasteiger partial charge in [-0.2, -0.15) is 0 Å². The van der Waals surface area contributed by atoms with Crippen LogP contribution in [-0.4, -0.2) is 48.1 Å². The lowest BCUT2D eigenvalue weighted by Gasteiger charge is -2.30. The summed E-state index contributed by atoms with van der Waals surface area (Å²) in [5.41, 5.74) is 4.15. The zero-order valence-electron chi connectivity index (χ0n) is 17.1. The average molecular weight is 377 g/mol. The molecule has 6 nitrogen and oxygen atoms in total. The topological polar surface area (TPSA) is 51.8 Å². The fraction of sp³-hybridized carbons (Fsp3) is 0.409. The molecule has 0 fully saturated rings. The van der Waals surface area contributed by atoms with Crippen LogP contribution in [0.25, 0.3) is 22.1 Å². The van der Waals surface area contributed by atoms with E-state index in [2.05, 4.69) is 71.7 Å². The molecule has 0 radical (unpaired) electrons. The van der Waals surface area contributed by atoms with Gasteiger partial charge in [0.25, 0.3) is 0 Å². The van der Waals surface area contributed by atoms with Crippen molar-refractivity contribution >= 4 is 22.1 Å². The number of aromatic nitrogens is 5. The minimum absolute atomic E-state index is 0.512. The van der Waals surface area contributed by atoms with Gasteiger partial charge in [0.05, 0.1) is 16.6 Å². The molecule has 0 spiro atoms. The fourth-order valence-electron chi connectivity index (χ4n) is 3.99. The van der Waals surface area contributed by atoms with Crippen LogP contribution in [0.4, 0.5) is 0 Å². The van der Waals surface area contributed by atoms with Crippen LogP contribution >= 0.6 is 0 Å². The van der Waals surface area contributed by atoms with Gasteiger partial charge in [-0.25, -0.2) is 9.67 Å². The Hall–Kier alpha value is -2.73. The normalized spacial score (nSPS) is 12.2. The number of para-hydroxylation sites is 3. The van der Waals surface area contributed by atoms with Gasteiger partial charge in [0.2, 0.25) is 0 Å². The first kappa shape index (κ1) is 18.6. The second kappa shape index (κ2) is 7.72. The molecule has 4 aromatic rings. The molecule has 0 atom stereocenters. The minimum atomic E-state index is 0.512. The van der Waals surface area contributed by atoms with Gasteiger partial charge in [-0.3, -0.25) is 4.90 Å². The monoisotopic (exact) mass is 376 g/mol. The average Bonchev–Trinajstić information content (AvgIpc) is 3.23. The van der Waals surface area contributed by atoms with E-state index in [4.69, 9.17) is 4.98 Å². The largest absolute Gasteiger partial charge is 0.325 e. The first-order valence-electron chi connectivity index (χ1n) is 10.0. The van der Waals surface area contributed by atoms with Crippen molar-refractivity contribution in [3.05, 3.63) is 54.4 Å². The van der Waals surface area contributed by atoms with Gasteiger partial charge in [-0.1, -0.05) is 29.5 Å². The molecule has 0 saturated carbocycles. The Morgan fingerprint density at radius 2 is 1.50 bits per heavy atom. The number of hydrogen-bond acceptors (Lipinski definition) is 4. The van der Waals surface area contributed by atoms with Gasteiger partial charge in [0, 0.05) is 25.2 Å². The molecule has 0 aliphatic carbocycles. The number of nitrogens with zero attached hydrogens (tertiary/aromatic N) is 6. The number of imidazole rings is 1. The lowest BCUT2D eigenvalue weighted by Crippen LogP contribution is -2.39. The SMILES string of the molecule is CC(C)N(CCn1c(Cn2nnc3ccccc32)nc2ccccc21)C(C)C. The second-order valence-electron chi connectivity index (χ2n) is 7.83. The molecule has 28 heavy (non-hydrogen) atoms. The summed E-state index contributed by atoms with van der Waals surface area (Å²) in [5, 5.41) is 8.64. The van der Waals surface area contributed by atoms with Crippen LogP contribution in [0.5, 0.6) is 0 Å². The quantitative estimate of drug-likeness (QED) is 0.490. The molecule has 0 aliphatic rings. The Kier molecular flexibility index (Phi) is 5.13. The second-order valence-corrected chi connectivity index (χ2v) is 7.83. The predicted octanol–water partition coefficient (Wildman–Crippen LogP) is 3.95. The van der Waals surface area contributed by atoms with Crippen LogP contribution in [0.15, 0.2) is 48.5 Å². The van der Waals surface area contributed by atoms with E-state index in [-0.39, 0.29) is 0 Å². The molecule has 0 aliphatic heterocycles. The van der Waals surface area contributed by atoms with E-state index in [1.54, 1.807) is 0 Å². The maximum atomic E-state index is 4.92. The summed E-state index contributed by atoms with van der Waals surface area (Å²) < 4.78 is 4.28. The van der Waals surface area contributed by atoms with Gasteiger partial charge in [0.15, 0.2) is 0 Å². The maximum Gasteiger partial charge on any atom is 0.131 e. The third-order valence-electron chi connectivity index (χ3n) is 5.35. The molecule has 2 aromatic heterocycles. The van der Waals surface area contributed by atoms with E-state index in [0.717, 1.165) is 35.5 Å². The molecule has 0 bridgehead atoms. The van der Waals surface area contributed by atoms with E-state index in [0.29, 0.717) is 18.6 Å². The van der Waals surface area contributed by atoms with Crippen molar-refractivity contribution in [3.8, 4) is 0 Å². The van der Waals surface area contributed by atoms with Crippen LogP contribution in [-0.2, 0) is 13.1 Å². The fourth-order valence-corrected chi connectivity index (χ4v) is 3.99. The lowest BCUT2D eigenvalue weighted by atomic mass is 10.2. The Balaban J connectivity index is 1.69. The smallest absolute Gasteiger partial charge is 0.131 e. The van der Waals surface area contributed by atoms with Crippen molar-refractivity contribution in [2.75, 3.05) is 6.54 Å². The lowest BCUT2D eigenvalue weighted by molar-refractivity contribution is 0.168. The molecule has 6 heteroatoms. The van der Waals surface area contributed by atoms with Crippen LogP contribution in [0.1, 0.15) is 33.5 Å². The number of benzene rings is 2. The van der Waals surface area contributed by atoms with E-state index >= 15 is 0 Å². The zero-order chi connectivity index (χ0) is 19.7. The Bertz CT molecular complexity index is 1070. The van der Waals surface area contributed by atoms with E-state index in [1.165, 1.54) is 5.52 Å². The molecule has 2 aromatic carbocycles. The van der Waals surface area contributed by atoms with Gasteiger partial charge < -0.3 is 4.57 Å². The highest BCUT2D eigenvalue weighted by atomic mass is 15.4. The van der Waals surface area contributed by atoms with E-state index in [1.807, 2.05) is 28.9 Å². The van der Waals surface area contributed by atoms with Crippen molar-refractivity contribution in [1.82, 2.24) is 29.4 Å². The van der Waals surface area contributed by atoms with Crippen molar-refractivity contribution in [3.63, 3.8) is 0 Å². The van der Waals surface area contributed by atoms with Crippen molar-refractivity contribution in [1.29, 1.82) is 0 Å². The first-order chi connectivity index (χ1) is 13.5. The predicted molar refractivity (Wildman–Crippen MR) is 113 cm³/mol. The number of fused-ring (bicyclic) bond motifs is 2. The highest BCUT2D eigenvalue weighted by Crippen LogP contribution is 2.19. The summed E-state index contributed by atoms with van der Waals surface area (Å²) in [4.78, 5) is 7.44. The van der Waals surface area contributed by atoms with E-state index < -0.39 is 0 Å². The highest BCUT2D eigenvalue weighted by Gasteiger charge is 2.17. The molecule has 0 saturated heterocycles. The Morgan fingerprint density at radius 3 is 2.21 bits per heavy atom. The zero-order valence-corrected chi connectivity index (χ0v) is 17.1. The molecule has 146 valence electrons. The van der Waals surface area contributed by atoms with Crippen LogP contribution in [0.2, 0.25) is 0 Å². The number of hydrogen-bond donors (Lipinski definition) is 0. The first-order valence-corrected chi connectivity index (χ1v) is 10.0. The summed E-state index contributed by atoms with van der Waals surface area (Å²) in [6.07, 6.45) is 0. The molecule has 0 unspecified atom stereocenters. The Labute approximate surface area is 165 Å². The van der Waals surface area contributed by atoms with Crippen LogP contribution in [0.3, 0.4) is 0 Å². The summed E-state index contributed by atoms with van der Waals surface area (Å²) >= 11 is 0. The Morgan fingerprint density at radius 1 is 0.857 bits per heavy atom.